The minimum Gasteiger partial charge on any atom is -0.425 e. The summed E-state index contributed by atoms with van der Waals surface area (Å²) < 4.78 is 12.8. The number of carbonyl (C=O) groups is 4. The van der Waals surface area contributed by atoms with E-state index in [1.165, 1.54) is 36.5 Å². The Balaban J connectivity index is 1.26. The summed E-state index contributed by atoms with van der Waals surface area (Å²) >= 11 is 15.8. The maximum atomic E-state index is 13.9. The number of anilines is 2. The second-order valence-electron chi connectivity index (χ2n) is 11.8. The minimum absolute atomic E-state index is 0.0452. The van der Waals surface area contributed by atoms with Gasteiger partial charge in [-0.3, -0.25) is 19.2 Å². The van der Waals surface area contributed by atoms with Crippen LogP contribution in [0.5, 0.6) is 11.5 Å². The molecule has 0 spiro atoms. The van der Waals surface area contributed by atoms with Crippen LogP contribution >= 0.6 is 45.9 Å². The number of fused-ring (bicyclic) bond motifs is 6. The predicted molar refractivity (Wildman–Crippen MR) is 186 cm³/mol. The molecule has 0 saturated heterocycles. The number of benzene rings is 2. The van der Waals surface area contributed by atoms with Gasteiger partial charge < -0.3 is 19.3 Å². The van der Waals surface area contributed by atoms with Gasteiger partial charge in [-0.25, -0.2) is 0 Å². The van der Waals surface area contributed by atoms with Gasteiger partial charge in [0.05, 0.1) is 20.8 Å². The molecule has 2 aliphatic heterocycles. The van der Waals surface area contributed by atoms with E-state index in [9.17, 15) is 19.2 Å². The molecule has 4 aromatic rings. The molecule has 0 N–H and O–H groups in total. The summed E-state index contributed by atoms with van der Waals surface area (Å²) in [5.41, 5.74) is 5.57. The first kappa shape index (κ1) is 32.5. The van der Waals surface area contributed by atoms with Crippen LogP contribution in [0.3, 0.4) is 0 Å². The Morgan fingerprint density at radius 2 is 1.26 bits per heavy atom. The SMILES string of the molecule is C=C(CCC(=O)N1C[C@@H](CCl)c2c1cc(OC(C)=O)c1scc(C)c21)C(=O)N1C[C@@H](CCl)c2c1cc(OC(C)=O)c1scc(C)c21. The van der Waals surface area contributed by atoms with Gasteiger partial charge in [0.25, 0.3) is 5.91 Å². The van der Waals surface area contributed by atoms with Crippen LogP contribution in [0, 0.1) is 13.8 Å². The number of ether oxygens (including phenoxy) is 2. The fourth-order valence-corrected chi connectivity index (χ4v) is 9.18. The molecule has 240 valence electrons. The van der Waals surface area contributed by atoms with E-state index in [1.54, 1.807) is 21.9 Å². The molecular formula is C34H32Cl2N2O6S2. The topological polar surface area (TPSA) is 93.2 Å². The third kappa shape index (κ3) is 5.49. The van der Waals surface area contributed by atoms with Crippen LogP contribution in [-0.4, -0.2) is 48.6 Å². The fraction of sp³-hybridized carbons (Fsp3) is 0.353. The Morgan fingerprint density at radius 1 is 0.804 bits per heavy atom. The second-order valence-corrected chi connectivity index (χ2v) is 14.2. The van der Waals surface area contributed by atoms with Crippen LogP contribution in [0.2, 0.25) is 0 Å². The van der Waals surface area contributed by atoms with Crippen LogP contribution in [0.15, 0.2) is 35.0 Å². The second kappa shape index (κ2) is 12.6. The molecule has 2 amide bonds. The number of alkyl halides is 2. The van der Waals surface area contributed by atoms with Gasteiger partial charge in [-0.05, 0) is 53.3 Å². The number of esters is 2. The van der Waals surface area contributed by atoms with Crippen LogP contribution in [-0.2, 0) is 19.2 Å². The number of halogens is 2. The highest BCUT2D eigenvalue weighted by Gasteiger charge is 2.38. The number of amides is 2. The minimum atomic E-state index is -0.449. The van der Waals surface area contributed by atoms with E-state index in [-0.39, 0.29) is 42.1 Å². The molecule has 0 radical (unpaired) electrons. The van der Waals surface area contributed by atoms with E-state index in [0.717, 1.165) is 42.4 Å². The lowest BCUT2D eigenvalue weighted by Gasteiger charge is -2.21. The Labute approximate surface area is 284 Å². The highest BCUT2D eigenvalue weighted by atomic mass is 35.5. The number of thiophene rings is 2. The van der Waals surface area contributed by atoms with Gasteiger partial charge in [0.2, 0.25) is 5.91 Å². The van der Waals surface area contributed by atoms with E-state index in [1.807, 2.05) is 24.6 Å². The lowest BCUT2D eigenvalue weighted by atomic mass is 9.97. The summed E-state index contributed by atoms with van der Waals surface area (Å²) in [7, 11) is 0. The highest BCUT2D eigenvalue weighted by molar-refractivity contribution is 7.18. The summed E-state index contributed by atoms with van der Waals surface area (Å²) in [5.74, 6) is -0.151. The van der Waals surface area contributed by atoms with Crippen molar-refractivity contribution >= 4 is 101 Å². The molecule has 2 aromatic heterocycles. The Bertz CT molecular complexity index is 1960. The van der Waals surface area contributed by atoms with Gasteiger partial charge in [0.1, 0.15) is 0 Å². The summed E-state index contributed by atoms with van der Waals surface area (Å²) in [6.07, 6.45) is 0.184. The first-order valence-electron chi connectivity index (χ1n) is 14.8. The number of hydrogen-bond donors (Lipinski definition) is 0. The van der Waals surface area contributed by atoms with E-state index in [0.29, 0.717) is 47.7 Å². The van der Waals surface area contributed by atoms with Crippen LogP contribution in [0.4, 0.5) is 11.4 Å². The van der Waals surface area contributed by atoms with Crippen LogP contribution in [0.1, 0.15) is 60.8 Å². The molecule has 6 rings (SSSR count). The molecule has 46 heavy (non-hydrogen) atoms. The smallest absolute Gasteiger partial charge is 0.308 e. The molecule has 0 unspecified atom stereocenters. The Kier molecular flexibility index (Phi) is 8.93. The standard InChI is InChI=1S/C34H32Cl2N2O6S2/c1-16(34(42)38-13-22(11-36)31-24(38)9-26(44-20(5)40)33-29(31)18(3)15-46-33)6-7-27(41)37-12-21(10-35)30-23(37)8-25(43-19(4)39)32-28(30)17(2)14-45-32/h8-9,14-15,21-22H,1,6-7,10-13H2,2-5H3/t21-,22-/m1/s1. The lowest BCUT2D eigenvalue weighted by molar-refractivity contribution is -0.132. The third-order valence-corrected chi connectivity index (χ3v) is 11.6. The van der Waals surface area contributed by atoms with Crippen molar-refractivity contribution in [2.45, 2.75) is 52.4 Å². The molecule has 0 bridgehead atoms. The van der Waals surface area contributed by atoms with Crippen molar-refractivity contribution in [3.05, 3.63) is 57.3 Å². The van der Waals surface area contributed by atoms with Crippen molar-refractivity contribution in [2.24, 2.45) is 0 Å². The van der Waals surface area contributed by atoms with Gasteiger partial charge in [-0.1, -0.05) is 6.58 Å². The van der Waals surface area contributed by atoms with Crippen molar-refractivity contribution in [3.8, 4) is 11.5 Å². The molecule has 2 atom stereocenters. The zero-order valence-electron chi connectivity index (χ0n) is 25.8. The van der Waals surface area contributed by atoms with Gasteiger partial charge in [0.15, 0.2) is 11.5 Å². The fourth-order valence-electron chi connectivity index (χ4n) is 6.64. The van der Waals surface area contributed by atoms with E-state index >= 15 is 0 Å². The van der Waals surface area contributed by atoms with Crippen molar-refractivity contribution in [1.82, 2.24) is 0 Å². The quantitative estimate of drug-likeness (QED) is 0.0802. The molecule has 2 aliphatic rings. The lowest BCUT2D eigenvalue weighted by Crippen LogP contribution is -2.33. The number of hydrogen-bond acceptors (Lipinski definition) is 8. The molecule has 0 aliphatic carbocycles. The average molecular weight is 700 g/mol. The van der Waals surface area contributed by atoms with Gasteiger partial charge in [-0.15, -0.1) is 45.9 Å². The summed E-state index contributed by atoms with van der Waals surface area (Å²) in [6.45, 7) is 11.5. The number of carbonyl (C=O) groups excluding carboxylic acids is 4. The van der Waals surface area contributed by atoms with Crippen molar-refractivity contribution in [3.63, 3.8) is 0 Å². The summed E-state index contributed by atoms with van der Waals surface area (Å²) in [6, 6.07) is 3.49. The Morgan fingerprint density at radius 3 is 1.72 bits per heavy atom. The zero-order valence-corrected chi connectivity index (χ0v) is 29.0. The predicted octanol–water partition coefficient (Wildman–Crippen LogP) is 7.96. The summed E-state index contributed by atoms with van der Waals surface area (Å²) in [5, 5.41) is 5.92. The molecule has 0 fully saturated rings. The van der Waals surface area contributed by atoms with Gasteiger partial charge in [-0.2, -0.15) is 0 Å². The maximum Gasteiger partial charge on any atom is 0.308 e. The van der Waals surface area contributed by atoms with Gasteiger partial charge >= 0.3 is 11.9 Å². The van der Waals surface area contributed by atoms with E-state index in [2.05, 4.69) is 6.58 Å². The molecular weight excluding hydrogens is 667 g/mol. The number of nitrogens with zero attached hydrogens (tertiary/aromatic N) is 2. The van der Waals surface area contributed by atoms with E-state index in [4.69, 9.17) is 32.7 Å². The first-order valence-corrected chi connectivity index (χ1v) is 17.7. The van der Waals surface area contributed by atoms with Crippen molar-refractivity contribution < 1.29 is 28.7 Å². The monoisotopic (exact) mass is 698 g/mol. The largest absolute Gasteiger partial charge is 0.425 e. The molecule has 8 nitrogen and oxygen atoms in total. The number of aryl methyl sites for hydroxylation is 2. The molecule has 4 heterocycles. The van der Waals surface area contributed by atoms with Crippen molar-refractivity contribution in [2.75, 3.05) is 34.6 Å². The van der Waals surface area contributed by atoms with Gasteiger partial charge in [0, 0.05) is 85.4 Å². The van der Waals surface area contributed by atoms with Crippen LogP contribution < -0.4 is 19.3 Å². The first-order chi connectivity index (χ1) is 21.9. The normalized spacial score (nSPS) is 17.0. The molecule has 12 heteroatoms. The average Bonchev–Trinajstić information content (AvgIpc) is 3.78. The third-order valence-electron chi connectivity index (χ3n) is 8.60. The Hall–Kier alpha value is -3.44. The molecule has 0 saturated carbocycles. The zero-order chi connectivity index (χ0) is 33.0. The maximum absolute atomic E-state index is 13.9. The van der Waals surface area contributed by atoms with E-state index < -0.39 is 11.9 Å². The number of rotatable bonds is 8. The van der Waals surface area contributed by atoms with Crippen molar-refractivity contribution in [1.29, 1.82) is 0 Å². The van der Waals surface area contributed by atoms with Crippen LogP contribution in [0.25, 0.3) is 20.2 Å². The highest BCUT2D eigenvalue weighted by Crippen LogP contribution is 2.50. The molecule has 2 aromatic carbocycles. The summed E-state index contributed by atoms with van der Waals surface area (Å²) in [4.78, 5) is 54.8.